The highest BCUT2D eigenvalue weighted by atomic mass is 32.2. The van der Waals surface area contributed by atoms with Crippen LogP contribution in [0.1, 0.15) is 36.3 Å². The van der Waals surface area contributed by atoms with Crippen molar-refractivity contribution in [1.82, 2.24) is 29.2 Å². The molecule has 0 bridgehead atoms. The number of nitrogens with one attached hydrogen (secondary N) is 1. The number of aryl methyl sites for hydroxylation is 2. The summed E-state index contributed by atoms with van der Waals surface area (Å²) in [5.74, 6) is -0.144. The molecule has 0 saturated heterocycles. The van der Waals surface area contributed by atoms with Gasteiger partial charge in [0.25, 0.3) is 0 Å². The Labute approximate surface area is 153 Å². The number of rotatable bonds is 5. The van der Waals surface area contributed by atoms with Gasteiger partial charge < -0.3 is 5.32 Å². The molecular weight excluding hydrogens is 356 g/mol. The van der Waals surface area contributed by atoms with Gasteiger partial charge >= 0.3 is 0 Å². The maximum absolute atomic E-state index is 12.3. The molecule has 9 nitrogen and oxygen atoms in total. The molecule has 0 fully saturated rings. The molecule has 1 aliphatic rings. The summed E-state index contributed by atoms with van der Waals surface area (Å²) in [6.07, 6.45) is 5.47. The number of hydrogen-bond acceptors (Lipinski definition) is 5. The quantitative estimate of drug-likeness (QED) is 0.810. The number of carbonyl (C=O) groups excluding carboxylic acids is 1. The molecule has 1 atom stereocenters. The normalized spacial score (nSPS) is 16.7. The number of nitrogens with zero attached hydrogens (tertiary/aromatic N) is 5. The van der Waals surface area contributed by atoms with Gasteiger partial charge in [-0.15, -0.1) is 0 Å². The number of aromatic nitrogens is 4. The van der Waals surface area contributed by atoms with Gasteiger partial charge in [-0.2, -0.15) is 14.5 Å². The average molecular weight is 380 g/mol. The van der Waals surface area contributed by atoms with Crippen LogP contribution in [0, 0.1) is 6.92 Å². The van der Waals surface area contributed by atoms with E-state index in [4.69, 9.17) is 0 Å². The van der Waals surface area contributed by atoms with Crippen LogP contribution in [-0.4, -0.2) is 51.0 Å². The minimum atomic E-state index is -3.24. The molecule has 0 saturated carbocycles. The molecule has 1 amide bonds. The van der Waals surface area contributed by atoms with Crippen LogP contribution >= 0.6 is 0 Å². The van der Waals surface area contributed by atoms with Crippen LogP contribution in [0.5, 0.6) is 0 Å². The topological polar surface area (TPSA) is 102 Å². The molecule has 2 aromatic heterocycles. The summed E-state index contributed by atoms with van der Waals surface area (Å²) in [4.78, 5) is 12.3. The van der Waals surface area contributed by atoms with Gasteiger partial charge in [0, 0.05) is 19.3 Å². The van der Waals surface area contributed by atoms with E-state index < -0.39 is 16.1 Å². The largest absolute Gasteiger partial charge is 0.349 e. The average Bonchev–Trinajstić information content (AvgIpc) is 3.11. The molecule has 0 unspecified atom stereocenters. The Morgan fingerprint density at radius 2 is 2.15 bits per heavy atom. The molecule has 142 valence electrons. The Kier molecular flexibility index (Phi) is 5.15. The van der Waals surface area contributed by atoms with Crippen molar-refractivity contribution in [3.8, 4) is 0 Å². The molecule has 0 aromatic carbocycles. The van der Waals surface area contributed by atoms with Gasteiger partial charge in [-0.3, -0.25) is 14.2 Å². The summed E-state index contributed by atoms with van der Waals surface area (Å²) in [6.45, 7) is 5.47. The van der Waals surface area contributed by atoms with E-state index in [9.17, 15) is 13.2 Å². The standard InChI is InChI=1S/C16H24N6O3S/c1-12-8-18-22(10-12)13(2)16(23)17-9-14-7-15-11-20(26(3,24)25)5-4-6-21(15)19-14/h7-8,10,13H,4-6,9,11H2,1-3H3,(H,17,23)/t13-/m1/s1. The fraction of sp³-hybridized carbons (Fsp3) is 0.562. The Balaban J connectivity index is 1.64. The van der Waals surface area contributed by atoms with E-state index in [1.54, 1.807) is 17.8 Å². The number of fused-ring (bicyclic) bond motifs is 1. The third-order valence-electron chi connectivity index (χ3n) is 4.45. The minimum absolute atomic E-state index is 0.144. The summed E-state index contributed by atoms with van der Waals surface area (Å²) in [5, 5.41) is 11.5. The predicted octanol–water partition coefficient (Wildman–Crippen LogP) is 0.431. The minimum Gasteiger partial charge on any atom is -0.349 e. The van der Waals surface area contributed by atoms with E-state index in [1.165, 1.54) is 10.6 Å². The lowest BCUT2D eigenvalue weighted by atomic mass is 10.3. The summed E-state index contributed by atoms with van der Waals surface area (Å²) >= 11 is 0. The lowest BCUT2D eigenvalue weighted by Crippen LogP contribution is -2.31. The molecule has 0 radical (unpaired) electrons. The van der Waals surface area contributed by atoms with Crippen LogP contribution in [0.4, 0.5) is 0 Å². The molecule has 3 heterocycles. The van der Waals surface area contributed by atoms with Crippen LogP contribution < -0.4 is 5.32 Å². The first-order chi connectivity index (χ1) is 12.2. The summed E-state index contributed by atoms with van der Waals surface area (Å²) in [5.41, 5.74) is 2.55. The molecule has 2 aromatic rings. The van der Waals surface area contributed by atoms with Gasteiger partial charge in [-0.1, -0.05) is 0 Å². The van der Waals surface area contributed by atoms with Gasteiger partial charge in [-0.25, -0.2) is 8.42 Å². The number of carbonyl (C=O) groups is 1. The Hall–Kier alpha value is -2.20. The van der Waals surface area contributed by atoms with Crippen molar-refractivity contribution in [3.63, 3.8) is 0 Å². The van der Waals surface area contributed by atoms with Crippen LogP contribution in [0.3, 0.4) is 0 Å². The van der Waals surface area contributed by atoms with E-state index in [1.807, 2.05) is 23.9 Å². The fourth-order valence-electron chi connectivity index (χ4n) is 2.95. The number of amides is 1. The van der Waals surface area contributed by atoms with Crippen molar-refractivity contribution < 1.29 is 13.2 Å². The summed E-state index contributed by atoms with van der Waals surface area (Å²) < 4.78 is 28.5. The van der Waals surface area contributed by atoms with Crippen molar-refractivity contribution in [3.05, 3.63) is 35.4 Å². The summed E-state index contributed by atoms with van der Waals surface area (Å²) in [6, 6.07) is 1.44. The third kappa shape index (κ3) is 4.13. The summed E-state index contributed by atoms with van der Waals surface area (Å²) in [7, 11) is -3.24. The molecule has 10 heteroatoms. The highest BCUT2D eigenvalue weighted by Gasteiger charge is 2.23. The first-order valence-electron chi connectivity index (χ1n) is 8.53. The smallest absolute Gasteiger partial charge is 0.244 e. The fourth-order valence-corrected chi connectivity index (χ4v) is 3.78. The zero-order valence-electron chi connectivity index (χ0n) is 15.2. The van der Waals surface area contributed by atoms with Crippen molar-refractivity contribution in [2.45, 2.75) is 45.9 Å². The Morgan fingerprint density at radius 1 is 1.38 bits per heavy atom. The SMILES string of the molecule is Cc1cnn([C@H](C)C(=O)NCc2cc3n(n2)CCCN(S(C)(=O)=O)C3)c1. The molecule has 1 aliphatic heterocycles. The molecule has 3 rings (SSSR count). The second-order valence-corrected chi connectivity index (χ2v) is 8.67. The van der Waals surface area contributed by atoms with Crippen molar-refractivity contribution in [2.75, 3.05) is 12.8 Å². The Morgan fingerprint density at radius 3 is 2.81 bits per heavy atom. The van der Waals surface area contributed by atoms with Crippen LogP contribution in [0.25, 0.3) is 0 Å². The molecule has 0 spiro atoms. The van der Waals surface area contributed by atoms with Gasteiger partial charge in [0.2, 0.25) is 15.9 Å². The number of hydrogen-bond donors (Lipinski definition) is 1. The second kappa shape index (κ2) is 7.20. The molecular formula is C16H24N6O3S. The highest BCUT2D eigenvalue weighted by Crippen LogP contribution is 2.16. The monoisotopic (exact) mass is 380 g/mol. The van der Waals surface area contributed by atoms with Crippen molar-refractivity contribution >= 4 is 15.9 Å². The van der Waals surface area contributed by atoms with Gasteiger partial charge in [0.1, 0.15) is 6.04 Å². The van der Waals surface area contributed by atoms with Gasteiger partial charge in [0.05, 0.1) is 36.9 Å². The lowest BCUT2D eigenvalue weighted by molar-refractivity contribution is -0.124. The van der Waals surface area contributed by atoms with E-state index in [-0.39, 0.29) is 5.91 Å². The molecule has 26 heavy (non-hydrogen) atoms. The van der Waals surface area contributed by atoms with Crippen LogP contribution in [-0.2, 0) is 34.5 Å². The first-order valence-corrected chi connectivity index (χ1v) is 10.4. The maximum Gasteiger partial charge on any atom is 0.244 e. The van der Waals surface area contributed by atoms with Gasteiger partial charge in [0.15, 0.2) is 0 Å². The Bertz CT molecular complexity index is 901. The van der Waals surface area contributed by atoms with Crippen molar-refractivity contribution in [2.24, 2.45) is 0 Å². The predicted molar refractivity (Wildman–Crippen MR) is 95.6 cm³/mol. The lowest BCUT2D eigenvalue weighted by Gasteiger charge is -2.16. The van der Waals surface area contributed by atoms with E-state index in [2.05, 4.69) is 15.5 Å². The third-order valence-corrected chi connectivity index (χ3v) is 5.70. The highest BCUT2D eigenvalue weighted by molar-refractivity contribution is 7.88. The second-order valence-electron chi connectivity index (χ2n) is 6.69. The van der Waals surface area contributed by atoms with Crippen molar-refractivity contribution in [1.29, 1.82) is 0 Å². The first kappa shape index (κ1) is 18.6. The zero-order chi connectivity index (χ0) is 18.9. The van der Waals surface area contributed by atoms with E-state index >= 15 is 0 Å². The zero-order valence-corrected chi connectivity index (χ0v) is 16.0. The van der Waals surface area contributed by atoms with Crippen LogP contribution in [0.15, 0.2) is 18.5 Å². The maximum atomic E-state index is 12.3. The van der Waals surface area contributed by atoms with E-state index in [0.29, 0.717) is 38.3 Å². The molecule has 0 aliphatic carbocycles. The van der Waals surface area contributed by atoms with Crippen LogP contribution in [0.2, 0.25) is 0 Å². The van der Waals surface area contributed by atoms with E-state index in [0.717, 1.165) is 11.3 Å². The van der Waals surface area contributed by atoms with Gasteiger partial charge in [-0.05, 0) is 31.9 Å². The molecule has 1 N–H and O–H groups in total. The number of sulfonamides is 1.